The van der Waals surface area contributed by atoms with Crippen LogP contribution < -0.4 is 5.43 Å². The number of carbonyl (C=O) groups excluding carboxylic acids is 3. The maximum Gasteiger partial charge on any atom is 0.437 e. The van der Waals surface area contributed by atoms with E-state index in [9.17, 15) is 14.4 Å². The average Bonchev–Trinajstić information content (AvgIpc) is 2.90. The minimum absolute atomic E-state index is 0.00683. The van der Waals surface area contributed by atoms with Gasteiger partial charge in [-0.25, -0.2) is 9.59 Å². The van der Waals surface area contributed by atoms with Gasteiger partial charge in [0.25, 0.3) is 6.10 Å². The fraction of sp³-hybridized carbons (Fsp3) is 0.118. The van der Waals surface area contributed by atoms with Crippen molar-refractivity contribution in [3.8, 4) is 0 Å². The molecule has 0 radical (unpaired) electrons. The zero-order valence-electron chi connectivity index (χ0n) is 12.5. The SMILES string of the molecule is O=C(OCc1ccccc1)C1OC(=O)N(Nc2ccccc2)C1=O. The third-order valence-corrected chi connectivity index (χ3v) is 3.30. The van der Waals surface area contributed by atoms with Gasteiger partial charge in [-0.05, 0) is 17.7 Å². The minimum Gasteiger partial charge on any atom is -0.458 e. The Labute approximate surface area is 137 Å². The maximum atomic E-state index is 12.2. The highest BCUT2D eigenvalue weighted by molar-refractivity contribution is 6.11. The fourth-order valence-electron chi connectivity index (χ4n) is 2.11. The number of imide groups is 1. The van der Waals surface area contributed by atoms with E-state index in [1.165, 1.54) is 0 Å². The number of nitrogens with zero attached hydrogens (tertiary/aromatic N) is 1. The number of hydrogen-bond donors (Lipinski definition) is 1. The van der Waals surface area contributed by atoms with Crippen molar-refractivity contribution in [2.45, 2.75) is 12.7 Å². The van der Waals surface area contributed by atoms with Crippen LogP contribution in [0.5, 0.6) is 0 Å². The second-order valence-electron chi connectivity index (χ2n) is 5.01. The molecule has 24 heavy (non-hydrogen) atoms. The van der Waals surface area contributed by atoms with Crippen LogP contribution in [0.25, 0.3) is 0 Å². The number of benzene rings is 2. The molecule has 2 aromatic rings. The quantitative estimate of drug-likeness (QED) is 0.669. The monoisotopic (exact) mass is 326 g/mol. The van der Waals surface area contributed by atoms with Crippen molar-refractivity contribution < 1.29 is 23.9 Å². The molecule has 122 valence electrons. The maximum absolute atomic E-state index is 12.2. The summed E-state index contributed by atoms with van der Waals surface area (Å²) in [6, 6.07) is 17.6. The molecule has 0 aliphatic carbocycles. The number of esters is 1. The predicted octanol–water partition coefficient (Wildman–Crippen LogP) is 2.10. The normalized spacial score (nSPS) is 16.7. The Hall–Kier alpha value is -3.35. The first-order chi connectivity index (χ1) is 11.6. The number of para-hydroxylation sites is 1. The van der Waals surface area contributed by atoms with Crippen molar-refractivity contribution in [2.24, 2.45) is 0 Å². The van der Waals surface area contributed by atoms with E-state index < -0.39 is 24.1 Å². The van der Waals surface area contributed by atoms with Crippen molar-refractivity contribution in [2.75, 3.05) is 5.43 Å². The van der Waals surface area contributed by atoms with E-state index in [1.807, 2.05) is 6.07 Å². The lowest BCUT2D eigenvalue weighted by atomic mass is 10.2. The van der Waals surface area contributed by atoms with E-state index in [0.717, 1.165) is 5.56 Å². The van der Waals surface area contributed by atoms with Gasteiger partial charge in [-0.1, -0.05) is 48.5 Å². The van der Waals surface area contributed by atoms with Crippen LogP contribution in [0.15, 0.2) is 60.7 Å². The van der Waals surface area contributed by atoms with E-state index in [2.05, 4.69) is 5.43 Å². The molecule has 7 heteroatoms. The summed E-state index contributed by atoms with van der Waals surface area (Å²) in [7, 11) is 0. The number of hydrogen-bond acceptors (Lipinski definition) is 6. The first-order valence-electron chi connectivity index (χ1n) is 7.22. The third-order valence-electron chi connectivity index (χ3n) is 3.30. The van der Waals surface area contributed by atoms with Gasteiger partial charge in [-0.2, -0.15) is 0 Å². The molecular weight excluding hydrogens is 312 g/mol. The Morgan fingerprint density at radius 1 is 1.04 bits per heavy atom. The van der Waals surface area contributed by atoms with E-state index in [1.54, 1.807) is 54.6 Å². The van der Waals surface area contributed by atoms with E-state index >= 15 is 0 Å². The van der Waals surface area contributed by atoms with Gasteiger partial charge in [-0.15, -0.1) is 5.01 Å². The van der Waals surface area contributed by atoms with Crippen LogP contribution >= 0.6 is 0 Å². The molecule has 2 amide bonds. The van der Waals surface area contributed by atoms with E-state index in [-0.39, 0.29) is 6.61 Å². The minimum atomic E-state index is -1.60. The van der Waals surface area contributed by atoms with Gasteiger partial charge in [-0.3, -0.25) is 10.2 Å². The van der Waals surface area contributed by atoms with Crippen LogP contribution in [-0.2, 0) is 25.7 Å². The van der Waals surface area contributed by atoms with Gasteiger partial charge < -0.3 is 9.47 Å². The Morgan fingerprint density at radius 3 is 2.33 bits per heavy atom. The van der Waals surface area contributed by atoms with E-state index in [4.69, 9.17) is 9.47 Å². The first-order valence-corrected chi connectivity index (χ1v) is 7.22. The third kappa shape index (κ3) is 3.35. The number of cyclic esters (lactones) is 1. The summed E-state index contributed by atoms with van der Waals surface area (Å²) in [5, 5.41) is 0.657. The van der Waals surface area contributed by atoms with Gasteiger partial charge in [0, 0.05) is 0 Å². The molecular formula is C17H14N2O5. The highest BCUT2D eigenvalue weighted by Crippen LogP contribution is 2.17. The zero-order chi connectivity index (χ0) is 16.9. The molecule has 1 saturated heterocycles. The number of carbonyl (C=O) groups is 3. The lowest BCUT2D eigenvalue weighted by molar-refractivity contribution is -0.157. The van der Waals surface area contributed by atoms with Crippen LogP contribution in [0.3, 0.4) is 0 Å². The second kappa shape index (κ2) is 6.82. The predicted molar refractivity (Wildman–Crippen MR) is 83.4 cm³/mol. The summed E-state index contributed by atoms with van der Waals surface area (Å²) >= 11 is 0. The van der Waals surface area contributed by atoms with Crippen LogP contribution in [0.2, 0.25) is 0 Å². The highest BCUT2D eigenvalue weighted by atomic mass is 16.6. The molecule has 1 fully saturated rings. The molecule has 0 bridgehead atoms. The summed E-state index contributed by atoms with van der Waals surface area (Å²) in [4.78, 5) is 36.0. The Kier molecular flexibility index (Phi) is 4.42. The Balaban J connectivity index is 1.61. The van der Waals surface area contributed by atoms with Crippen LogP contribution in [0.4, 0.5) is 10.5 Å². The van der Waals surface area contributed by atoms with Crippen molar-refractivity contribution >= 4 is 23.7 Å². The molecule has 3 rings (SSSR count). The Morgan fingerprint density at radius 2 is 1.67 bits per heavy atom. The Bertz CT molecular complexity index is 748. The molecule has 1 aliphatic rings. The number of hydrazine groups is 1. The van der Waals surface area contributed by atoms with Crippen molar-refractivity contribution in [1.82, 2.24) is 5.01 Å². The highest BCUT2D eigenvalue weighted by Gasteiger charge is 2.46. The lowest BCUT2D eigenvalue weighted by Gasteiger charge is -2.13. The molecule has 7 nitrogen and oxygen atoms in total. The van der Waals surface area contributed by atoms with Crippen molar-refractivity contribution in [3.63, 3.8) is 0 Å². The van der Waals surface area contributed by atoms with Gasteiger partial charge in [0.15, 0.2) is 0 Å². The molecule has 1 atom stereocenters. The summed E-state index contributed by atoms with van der Waals surface area (Å²) in [5.41, 5.74) is 3.88. The van der Waals surface area contributed by atoms with Crippen LogP contribution in [0.1, 0.15) is 5.56 Å². The summed E-state index contributed by atoms with van der Waals surface area (Å²) < 4.78 is 9.85. The fourth-order valence-corrected chi connectivity index (χ4v) is 2.11. The second-order valence-corrected chi connectivity index (χ2v) is 5.01. The standard InChI is InChI=1S/C17H14N2O5/c20-15-14(16(21)23-11-12-7-3-1-4-8-12)24-17(22)19(15)18-13-9-5-2-6-10-13/h1-10,14,18H,11H2. The largest absolute Gasteiger partial charge is 0.458 e. The van der Waals surface area contributed by atoms with Gasteiger partial charge >= 0.3 is 18.0 Å². The molecule has 1 N–H and O–H groups in total. The summed E-state index contributed by atoms with van der Waals surface area (Å²) in [6.45, 7) is -0.00683. The van der Waals surface area contributed by atoms with Gasteiger partial charge in [0.1, 0.15) is 6.61 Å². The number of nitrogens with one attached hydrogen (secondary N) is 1. The molecule has 0 spiro atoms. The van der Waals surface area contributed by atoms with Crippen molar-refractivity contribution in [3.05, 3.63) is 66.2 Å². The lowest BCUT2D eigenvalue weighted by Crippen LogP contribution is -2.39. The van der Waals surface area contributed by atoms with Gasteiger partial charge in [0.2, 0.25) is 0 Å². The number of ether oxygens (including phenoxy) is 2. The number of anilines is 1. The molecule has 0 aromatic heterocycles. The van der Waals surface area contributed by atoms with Crippen LogP contribution in [0, 0.1) is 0 Å². The van der Waals surface area contributed by atoms with E-state index in [0.29, 0.717) is 10.7 Å². The smallest absolute Gasteiger partial charge is 0.437 e. The first kappa shape index (κ1) is 15.5. The van der Waals surface area contributed by atoms with Crippen LogP contribution in [-0.4, -0.2) is 29.1 Å². The summed E-state index contributed by atoms with van der Waals surface area (Å²) in [6.07, 6.45) is -2.55. The zero-order valence-corrected chi connectivity index (χ0v) is 12.5. The average molecular weight is 326 g/mol. The number of rotatable bonds is 5. The molecule has 1 heterocycles. The topological polar surface area (TPSA) is 84.9 Å². The molecule has 1 unspecified atom stereocenters. The molecule has 1 aliphatic heterocycles. The number of amides is 2. The van der Waals surface area contributed by atoms with Gasteiger partial charge in [0.05, 0.1) is 5.69 Å². The van der Waals surface area contributed by atoms with Crippen molar-refractivity contribution in [1.29, 1.82) is 0 Å². The molecule has 2 aromatic carbocycles. The molecule has 0 saturated carbocycles. The summed E-state index contributed by atoms with van der Waals surface area (Å²) in [5.74, 6) is -1.73.